The van der Waals surface area contributed by atoms with Crippen LogP contribution in [0.4, 0.5) is 0 Å². The molecule has 21 heavy (non-hydrogen) atoms. The highest BCUT2D eigenvalue weighted by Gasteiger charge is 2.28. The Bertz CT molecular complexity index is 664. The molecule has 0 spiro atoms. The van der Waals surface area contributed by atoms with Crippen molar-refractivity contribution in [3.8, 4) is 11.5 Å². The first kappa shape index (κ1) is 14.0. The van der Waals surface area contributed by atoms with E-state index in [1.54, 1.807) is 7.11 Å². The normalized spacial score (nSPS) is 20.6. The predicted octanol–water partition coefficient (Wildman–Crippen LogP) is 3.87. The summed E-state index contributed by atoms with van der Waals surface area (Å²) < 4.78 is 11.3. The second kappa shape index (κ2) is 5.41. The maximum atomic E-state index is 10.4. The van der Waals surface area contributed by atoms with E-state index >= 15 is 0 Å². The van der Waals surface area contributed by atoms with E-state index in [1.807, 2.05) is 18.2 Å². The second-order valence-corrected chi connectivity index (χ2v) is 5.61. The Kier molecular flexibility index (Phi) is 3.60. The molecule has 0 saturated heterocycles. The van der Waals surface area contributed by atoms with Crippen LogP contribution in [-0.4, -0.2) is 12.2 Å². The minimum absolute atomic E-state index is 0.126. The third-order valence-electron chi connectivity index (χ3n) is 4.19. The molecule has 3 nitrogen and oxygen atoms in total. The standard InChI is InChI=1S/C18H20O3/c1-11-4-5-13(8-12(11)2)17-10-16(19)15-7-6-14(20-3)9-18(15)21-17/h4-9,16-17,19H,10H2,1-3H3/t16-,17?/m1/s1. The quantitative estimate of drug-likeness (QED) is 0.910. The van der Waals surface area contributed by atoms with Crippen LogP contribution in [0.5, 0.6) is 11.5 Å². The number of methoxy groups -OCH3 is 1. The van der Waals surface area contributed by atoms with E-state index in [9.17, 15) is 5.11 Å². The summed E-state index contributed by atoms with van der Waals surface area (Å²) in [6, 6.07) is 11.9. The number of fused-ring (bicyclic) bond motifs is 1. The molecule has 2 aromatic rings. The average molecular weight is 284 g/mol. The molecule has 1 unspecified atom stereocenters. The zero-order chi connectivity index (χ0) is 15.0. The first-order valence-corrected chi connectivity index (χ1v) is 7.18. The maximum absolute atomic E-state index is 10.4. The van der Waals surface area contributed by atoms with E-state index in [1.165, 1.54) is 11.1 Å². The van der Waals surface area contributed by atoms with Gasteiger partial charge in [0.2, 0.25) is 0 Å². The Morgan fingerprint density at radius 3 is 2.62 bits per heavy atom. The van der Waals surface area contributed by atoms with Gasteiger partial charge in [0.25, 0.3) is 0 Å². The Labute approximate surface area is 125 Å². The Hall–Kier alpha value is -2.00. The zero-order valence-electron chi connectivity index (χ0n) is 12.6. The molecule has 0 fully saturated rings. The molecule has 0 radical (unpaired) electrons. The summed E-state index contributed by atoms with van der Waals surface area (Å²) >= 11 is 0. The molecule has 0 saturated carbocycles. The molecule has 0 aromatic heterocycles. The monoisotopic (exact) mass is 284 g/mol. The highest BCUT2D eigenvalue weighted by Crippen LogP contribution is 2.42. The van der Waals surface area contributed by atoms with Gasteiger partial charge in [0.1, 0.15) is 17.6 Å². The van der Waals surface area contributed by atoms with Gasteiger partial charge in [0, 0.05) is 18.1 Å². The predicted molar refractivity (Wildman–Crippen MR) is 81.9 cm³/mol. The molecule has 1 N–H and O–H groups in total. The smallest absolute Gasteiger partial charge is 0.129 e. The van der Waals surface area contributed by atoms with Crippen molar-refractivity contribution in [2.75, 3.05) is 7.11 Å². The third-order valence-corrected chi connectivity index (χ3v) is 4.19. The number of aliphatic hydroxyl groups is 1. The number of ether oxygens (including phenoxy) is 2. The van der Waals surface area contributed by atoms with E-state index < -0.39 is 6.10 Å². The summed E-state index contributed by atoms with van der Waals surface area (Å²) in [6.45, 7) is 4.19. The Morgan fingerprint density at radius 1 is 1.10 bits per heavy atom. The number of aliphatic hydroxyl groups excluding tert-OH is 1. The van der Waals surface area contributed by atoms with Crippen LogP contribution < -0.4 is 9.47 Å². The lowest BCUT2D eigenvalue weighted by molar-refractivity contribution is 0.0654. The lowest BCUT2D eigenvalue weighted by Gasteiger charge is -2.30. The molecule has 3 rings (SSSR count). The van der Waals surface area contributed by atoms with E-state index in [2.05, 4.69) is 32.0 Å². The van der Waals surface area contributed by atoms with Crippen LogP contribution in [0.1, 0.15) is 40.9 Å². The van der Waals surface area contributed by atoms with Crippen LogP contribution in [0.15, 0.2) is 36.4 Å². The van der Waals surface area contributed by atoms with Gasteiger partial charge in [-0.1, -0.05) is 18.2 Å². The van der Waals surface area contributed by atoms with Gasteiger partial charge in [-0.15, -0.1) is 0 Å². The van der Waals surface area contributed by atoms with Crippen molar-refractivity contribution in [1.29, 1.82) is 0 Å². The third kappa shape index (κ3) is 2.61. The van der Waals surface area contributed by atoms with Crippen molar-refractivity contribution in [3.05, 3.63) is 58.7 Å². The molecule has 3 heteroatoms. The second-order valence-electron chi connectivity index (χ2n) is 5.61. The van der Waals surface area contributed by atoms with E-state index in [4.69, 9.17) is 9.47 Å². The molecule has 0 bridgehead atoms. The Balaban J connectivity index is 1.94. The molecule has 2 aromatic carbocycles. The van der Waals surface area contributed by atoms with Crippen molar-refractivity contribution in [2.24, 2.45) is 0 Å². The summed E-state index contributed by atoms with van der Waals surface area (Å²) in [5.41, 5.74) is 4.43. The molecule has 1 aliphatic rings. The van der Waals surface area contributed by atoms with Crippen molar-refractivity contribution >= 4 is 0 Å². The van der Waals surface area contributed by atoms with Crippen molar-refractivity contribution in [1.82, 2.24) is 0 Å². The zero-order valence-corrected chi connectivity index (χ0v) is 12.6. The van der Waals surface area contributed by atoms with Crippen LogP contribution in [0.3, 0.4) is 0 Å². The van der Waals surface area contributed by atoms with Gasteiger partial charge < -0.3 is 14.6 Å². The lowest BCUT2D eigenvalue weighted by atomic mass is 9.93. The minimum Gasteiger partial charge on any atom is -0.497 e. The molecule has 110 valence electrons. The van der Waals surface area contributed by atoms with Gasteiger partial charge in [-0.2, -0.15) is 0 Å². The van der Waals surface area contributed by atoms with Crippen LogP contribution in [0.25, 0.3) is 0 Å². The molecule has 1 aliphatic heterocycles. The highest BCUT2D eigenvalue weighted by atomic mass is 16.5. The molecule has 2 atom stereocenters. The van der Waals surface area contributed by atoms with Gasteiger partial charge in [-0.25, -0.2) is 0 Å². The maximum Gasteiger partial charge on any atom is 0.129 e. The van der Waals surface area contributed by atoms with E-state index in [-0.39, 0.29) is 6.10 Å². The summed E-state index contributed by atoms with van der Waals surface area (Å²) in [4.78, 5) is 0. The topological polar surface area (TPSA) is 38.7 Å². The van der Waals surface area contributed by atoms with Crippen LogP contribution in [-0.2, 0) is 0 Å². The molecular weight excluding hydrogens is 264 g/mol. The largest absolute Gasteiger partial charge is 0.497 e. The van der Waals surface area contributed by atoms with Crippen molar-refractivity contribution in [2.45, 2.75) is 32.5 Å². The van der Waals surface area contributed by atoms with Crippen molar-refractivity contribution < 1.29 is 14.6 Å². The van der Waals surface area contributed by atoms with Crippen LogP contribution >= 0.6 is 0 Å². The fourth-order valence-electron chi connectivity index (χ4n) is 2.72. The molecular formula is C18H20O3. The number of benzene rings is 2. The first-order chi connectivity index (χ1) is 10.1. The van der Waals surface area contributed by atoms with E-state index in [0.29, 0.717) is 12.2 Å². The summed E-state index contributed by atoms with van der Waals surface area (Å²) in [7, 11) is 1.63. The number of hydrogen-bond acceptors (Lipinski definition) is 3. The first-order valence-electron chi connectivity index (χ1n) is 7.18. The number of rotatable bonds is 2. The summed E-state index contributed by atoms with van der Waals surface area (Å²) in [6.07, 6.45) is -0.0628. The molecule has 0 amide bonds. The summed E-state index contributed by atoms with van der Waals surface area (Å²) in [5, 5.41) is 10.4. The Morgan fingerprint density at radius 2 is 1.90 bits per heavy atom. The van der Waals surface area contributed by atoms with Gasteiger partial charge in [-0.3, -0.25) is 0 Å². The van der Waals surface area contributed by atoms with E-state index in [0.717, 1.165) is 16.9 Å². The summed E-state index contributed by atoms with van der Waals surface area (Å²) in [5.74, 6) is 1.44. The molecule has 1 heterocycles. The van der Waals surface area contributed by atoms with Crippen molar-refractivity contribution in [3.63, 3.8) is 0 Å². The number of aryl methyl sites for hydroxylation is 2. The fraction of sp³-hybridized carbons (Fsp3) is 0.333. The molecule has 0 aliphatic carbocycles. The van der Waals surface area contributed by atoms with Gasteiger partial charge in [-0.05, 0) is 42.7 Å². The minimum atomic E-state index is -0.508. The van der Waals surface area contributed by atoms with Gasteiger partial charge >= 0.3 is 0 Å². The van der Waals surface area contributed by atoms with Gasteiger partial charge in [0.05, 0.1) is 13.2 Å². The average Bonchev–Trinajstić information content (AvgIpc) is 2.49. The lowest BCUT2D eigenvalue weighted by Crippen LogP contribution is -2.19. The van der Waals surface area contributed by atoms with Crippen LogP contribution in [0, 0.1) is 13.8 Å². The number of hydrogen-bond donors (Lipinski definition) is 1. The van der Waals surface area contributed by atoms with Crippen LogP contribution in [0.2, 0.25) is 0 Å². The highest BCUT2D eigenvalue weighted by molar-refractivity contribution is 5.44. The SMILES string of the molecule is COc1ccc2c(c1)OC(c1ccc(C)c(C)c1)C[C@H]2O. The van der Waals surface area contributed by atoms with Gasteiger partial charge in [0.15, 0.2) is 0 Å². The fourth-order valence-corrected chi connectivity index (χ4v) is 2.72.